The number of nitrogens with zero attached hydrogens (tertiary/aromatic N) is 1. The largest absolute Gasteiger partial charge is 0.357 e. The Morgan fingerprint density at radius 1 is 1.17 bits per heavy atom. The van der Waals surface area contributed by atoms with Crippen LogP contribution in [-0.2, 0) is 11.2 Å². The molecule has 0 fully saturated rings. The third-order valence-electron chi connectivity index (χ3n) is 5.08. The zero-order valence-corrected chi connectivity index (χ0v) is 16.4. The predicted molar refractivity (Wildman–Crippen MR) is 111 cm³/mol. The van der Waals surface area contributed by atoms with Gasteiger partial charge >= 0.3 is 0 Å². The van der Waals surface area contributed by atoms with Crippen LogP contribution in [0.5, 0.6) is 0 Å². The lowest BCUT2D eigenvalue weighted by Gasteiger charge is -2.23. The lowest BCUT2D eigenvalue weighted by molar-refractivity contribution is -0.109. The van der Waals surface area contributed by atoms with Crippen molar-refractivity contribution >= 4 is 29.5 Å². The highest BCUT2D eigenvalue weighted by Crippen LogP contribution is 2.24. The van der Waals surface area contributed by atoms with Crippen molar-refractivity contribution in [2.45, 2.75) is 19.4 Å². The van der Waals surface area contributed by atoms with Crippen LogP contribution in [-0.4, -0.2) is 36.2 Å². The van der Waals surface area contributed by atoms with Crippen molar-refractivity contribution in [1.29, 1.82) is 0 Å². The van der Waals surface area contributed by atoms with Gasteiger partial charge in [-0.2, -0.15) is 5.10 Å². The quantitative estimate of drug-likeness (QED) is 0.483. The highest BCUT2D eigenvalue weighted by atomic mass is 19.1. The summed E-state index contributed by atoms with van der Waals surface area (Å²) in [5.41, 5.74) is 2.74. The van der Waals surface area contributed by atoms with Crippen molar-refractivity contribution in [2.24, 2.45) is 5.92 Å². The zero-order chi connectivity index (χ0) is 20.8. The summed E-state index contributed by atoms with van der Waals surface area (Å²) in [6, 6.07) is 9.45. The van der Waals surface area contributed by atoms with E-state index in [4.69, 9.17) is 0 Å². The minimum atomic E-state index is -0.291. The maximum atomic E-state index is 14.6. The van der Waals surface area contributed by atoms with Gasteiger partial charge in [0.15, 0.2) is 0 Å². The van der Waals surface area contributed by atoms with Crippen molar-refractivity contribution in [3.05, 3.63) is 64.9 Å². The van der Waals surface area contributed by atoms with E-state index in [1.54, 1.807) is 12.1 Å². The molecule has 1 amide bonds. The van der Waals surface area contributed by atoms with E-state index in [2.05, 4.69) is 20.8 Å². The molecule has 0 bridgehead atoms. The second-order valence-corrected chi connectivity index (χ2v) is 7.09. The van der Waals surface area contributed by atoms with Crippen LogP contribution in [0.15, 0.2) is 36.4 Å². The molecular formula is C22H24F2N4O. The Hall–Kier alpha value is -3.06. The van der Waals surface area contributed by atoms with Crippen LogP contribution in [0.4, 0.5) is 8.78 Å². The molecular weight excluding hydrogens is 374 g/mol. The number of carbonyl (C=O) groups is 1. The summed E-state index contributed by atoms with van der Waals surface area (Å²) >= 11 is 0. The molecule has 3 N–H and O–H groups in total. The second kappa shape index (κ2) is 9.43. The number of rotatable bonds is 9. The minimum Gasteiger partial charge on any atom is -0.357 e. The molecule has 7 heteroatoms. The lowest BCUT2D eigenvalue weighted by Crippen LogP contribution is -2.41. The zero-order valence-electron chi connectivity index (χ0n) is 16.4. The molecule has 0 spiro atoms. The Bertz CT molecular complexity index is 998. The summed E-state index contributed by atoms with van der Waals surface area (Å²) in [4.78, 5) is 10.6. The van der Waals surface area contributed by atoms with Crippen molar-refractivity contribution in [3.8, 4) is 0 Å². The number of nitrogens with one attached hydrogen (secondary N) is 3. The average Bonchev–Trinajstić information content (AvgIpc) is 3.10. The van der Waals surface area contributed by atoms with Gasteiger partial charge in [0.1, 0.15) is 11.6 Å². The first-order chi connectivity index (χ1) is 14.0. The number of hydrogen-bond acceptors (Lipinski definition) is 3. The molecule has 152 valence electrons. The summed E-state index contributed by atoms with van der Waals surface area (Å²) in [6.07, 6.45) is 4.83. The molecule has 0 saturated heterocycles. The van der Waals surface area contributed by atoms with E-state index < -0.39 is 0 Å². The normalized spacial score (nSPS) is 13.7. The third kappa shape index (κ3) is 5.06. The average molecular weight is 398 g/mol. The maximum Gasteiger partial charge on any atom is 0.207 e. The molecule has 29 heavy (non-hydrogen) atoms. The monoisotopic (exact) mass is 398 g/mol. The van der Waals surface area contributed by atoms with E-state index in [0.29, 0.717) is 36.1 Å². The summed E-state index contributed by atoms with van der Waals surface area (Å²) < 4.78 is 27.6. The van der Waals surface area contributed by atoms with Gasteiger partial charge in [0.25, 0.3) is 0 Å². The van der Waals surface area contributed by atoms with E-state index in [1.165, 1.54) is 18.2 Å². The van der Waals surface area contributed by atoms with Crippen LogP contribution in [0.1, 0.15) is 23.7 Å². The summed E-state index contributed by atoms with van der Waals surface area (Å²) in [5.74, 6) is -0.477. The van der Waals surface area contributed by atoms with E-state index in [1.807, 2.05) is 32.2 Å². The number of halogens is 2. The minimum absolute atomic E-state index is 0.0255. The van der Waals surface area contributed by atoms with E-state index in [-0.39, 0.29) is 23.6 Å². The molecule has 3 aromatic rings. The highest BCUT2D eigenvalue weighted by Gasteiger charge is 2.18. The van der Waals surface area contributed by atoms with Crippen molar-refractivity contribution < 1.29 is 13.6 Å². The first kappa shape index (κ1) is 20.7. The number of likely N-dealkylation sites (N-methyl/N-ethyl adjacent to an activating group) is 1. The smallest absolute Gasteiger partial charge is 0.207 e. The second-order valence-electron chi connectivity index (χ2n) is 7.09. The topological polar surface area (TPSA) is 69.8 Å². The number of carbonyl (C=O) groups excluding carboxylic acids is 1. The Morgan fingerprint density at radius 3 is 2.62 bits per heavy atom. The fourth-order valence-electron chi connectivity index (χ4n) is 3.39. The van der Waals surface area contributed by atoms with Crippen LogP contribution in [0.25, 0.3) is 23.1 Å². The molecule has 5 nitrogen and oxygen atoms in total. The van der Waals surface area contributed by atoms with Crippen LogP contribution < -0.4 is 10.6 Å². The van der Waals surface area contributed by atoms with Crippen LogP contribution in [0.3, 0.4) is 0 Å². The summed E-state index contributed by atoms with van der Waals surface area (Å²) in [5, 5.41) is 13.8. The number of aromatic nitrogens is 2. The number of fused-ring (bicyclic) bond motifs is 1. The lowest BCUT2D eigenvalue weighted by atomic mass is 9.92. The Morgan fingerprint density at radius 2 is 1.93 bits per heavy atom. The third-order valence-corrected chi connectivity index (χ3v) is 5.08. The molecule has 0 radical (unpaired) electrons. The number of aromatic amines is 1. The van der Waals surface area contributed by atoms with E-state index in [9.17, 15) is 13.6 Å². The molecule has 0 aliphatic heterocycles. The van der Waals surface area contributed by atoms with Crippen molar-refractivity contribution in [3.63, 3.8) is 0 Å². The predicted octanol–water partition coefficient (Wildman–Crippen LogP) is 3.52. The molecule has 2 aromatic carbocycles. The Balaban J connectivity index is 1.84. The Kier molecular flexibility index (Phi) is 6.72. The molecule has 0 aliphatic carbocycles. The molecule has 1 heterocycles. The van der Waals surface area contributed by atoms with Gasteiger partial charge in [0.2, 0.25) is 6.41 Å². The number of amides is 1. The van der Waals surface area contributed by atoms with E-state index >= 15 is 0 Å². The first-order valence-electron chi connectivity index (χ1n) is 9.46. The van der Waals surface area contributed by atoms with Crippen LogP contribution >= 0.6 is 0 Å². The van der Waals surface area contributed by atoms with Gasteiger partial charge in [0, 0.05) is 18.0 Å². The van der Waals surface area contributed by atoms with Crippen molar-refractivity contribution in [2.75, 3.05) is 13.6 Å². The van der Waals surface area contributed by atoms with Gasteiger partial charge in [-0.25, -0.2) is 8.78 Å². The van der Waals surface area contributed by atoms with Gasteiger partial charge in [-0.1, -0.05) is 25.1 Å². The molecule has 1 aromatic heterocycles. The fourth-order valence-corrected chi connectivity index (χ4v) is 3.39. The van der Waals surface area contributed by atoms with Gasteiger partial charge in [0.05, 0.1) is 11.2 Å². The first-order valence-corrected chi connectivity index (χ1v) is 9.46. The number of hydrogen-bond donors (Lipinski definition) is 3. The van der Waals surface area contributed by atoms with Crippen LogP contribution in [0.2, 0.25) is 0 Å². The van der Waals surface area contributed by atoms with Crippen LogP contribution in [0, 0.1) is 17.6 Å². The molecule has 2 atom stereocenters. The van der Waals surface area contributed by atoms with Crippen molar-refractivity contribution in [1.82, 2.24) is 20.8 Å². The summed E-state index contributed by atoms with van der Waals surface area (Å²) in [6.45, 7) is 2.49. The molecule has 3 rings (SSSR count). The van der Waals surface area contributed by atoms with Gasteiger partial charge in [-0.05, 0) is 60.9 Å². The van der Waals surface area contributed by atoms with Gasteiger partial charge in [-0.3, -0.25) is 9.89 Å². The highest BCUT2D eigenvalue weighted by molar-refractivity contribution is 5.89. The SMILES string of the molecule is CNC(CNC=O)C(C)Cc1cc2c(/C=C/c3ccc(F)cc3)n[nH]c2cc1F. The number of benzene rings is 2. The fraction of sp³-hybridized carbons (Fsp3) is 0.273. The number of H-pyrrole nitrogens is 1. The molecule has 2 unspecified atom stereocenters. The Labute approximate surface area is 168 Å². The standard InChI is InChI=1S/C22H24F2N4O/c1-14(22(25-2)12-26-13-29)9-16-10-18-20(27-28-21(18)11-19(16)24)8-5-15-3-6-17(23)7-4-15/h3-8,10-11,13-14,22,25H,9,12H2,1-2H3,(H,26,29)(H,27,28)/b8-5+. The molecule has 0 saturated carbocycles. The van der Waals surface area contributed by atoms with Gasteiger partial charge < -0.3 is 10.6 Å². The maximum absolute atomic E-state index is 14.6. The van der Waals surface area contributed by atoms with Gasteiger partial charge in [-0.15, -0.1) is 0 Å². The summed E-state index contributed by atoms with van der Waals surface area (Å²) in [7, 11) is 1.82. The van der Waals surface area contributed by atoms with E-state index in [0.717, 1.165) is 10.9 Å². The molecule has 0 aliphatic rings.